The second-order valence-corrected chi connectivity index (χ2v) is 2.46. The third-order valence-electron chi connectivity index (χ3n) is 1.31. The first-order chi connectivity index (χ1) is 4.22. The molecule has 0 spiro atoms. The molecule has 1 aromatic heterocycles. The zero-order valence-electron chi connectivity index (χ0n) is 5.85. The molecule has 0 N–H and O–H groups in total. The lowest BCUT2D eigenvalue weighted by Gasteiger charge is -1.99. The maximum absolute atomic E-state index is 5.16. The Morgan fingerprint density at radius 1 is 1.56 bits per heavy atom. The van der Waals surface area contributed by atoms with E-state index in [1.165, 1.54) is 0 Å². The molecule has 1 nitrogen and oxygen atoms in total. The first-order valence-electron chi connectivity index (χ1n) is 3.11. The molecule has 0 aliphatic carbocycles. The van der Waals surface area contributed by atoms with Gasteiger partial charge in [-0.15, -0.1) is 0 Å². The number of rotatable bonds is 1. The van der Waals surface area contributed by atoms with Crippen molar-refractivity contribution in [2.75, 3.05) is 0 Å². The van der Waals surface area contributed by atoms with E-state index >= 15 is 0 Å². The summed E-state index contributed by atoms with van der Waals surface area (Å²) >= 11 is 0. The highest BCUT2D eigenvalue weighted by Gasteiger charge is 2.04. The van der Waals surface area contributed by atoms with Crippen LogP contribution in [0.25, 0.3) is 0 Å². The third-order valence-corrected chi connectivity index (χ3v) is 1.31. The molecule has 1 rings (SSSR count). The third kappa shape index (κ3) is 1.15. The van der Waals surface area contributed by atoms with Gasteiger partial charge >= 0.3 is 0 Å². The Kier molecular flexibility index (Phi) is 1.60. The van der Waals surface area contributed by atoms with Crippen LogP contribution in [0.1, 0.15) is 31.1 Å². The maximum Gasteiger partial charge on any atom is 0.109 e. The van der Waals surface area contributed by atoms with E-state index < -0.39 is 0 Å². The summed E-state index contributed by atoms with van der Waals surface area (Å²) in [6, 6.07) is 1.88. The molecular weight excluding hydrogens is 112 g/mol. The molecule has 0 saturated carbocycles. The minimum absolute atomic E-state index is 0.451. The fourth-order valence-electron chi connectivity index (χ4n) is 0.854. The zero-order valence-corrected chi connectivity index (χ0v) is 5.85. The predicted octanol–water partition coefficient (Wildman–Crippen LogP) is 2.59. The molecule has 0 aromatic carbocycles. The number of hydrogen-bond donors (Lipinski definition) is 0. The lowest BCUT2D eigenvalue weighted by molar-refractivity contribution is 0.485. The molecule has 0 amide bonds. The summed E-state index contributed by atoms with van der Waals surface area (Å²) in [6.45, 7) is 7.99. The topological polar surface area (TPSA) is 13.1 Å². The second-order valence-electron chi connectivity index (χ2n) is 2.46. The predicted molar refractivity (Wildman–Crippen MR) is 37.3 cm³/mol. The van der Waals surface area contributed by atoms with Crippen LogP contribution in [0.5, 0.6) is 0 Å². The Morgan fingerprint density at radius 2 is 2.22 bits per heavy atom. The van der Waals surface area contributed by atoms with Crippen molar-refractivity contribution < 1.29 is 4.42 Å². The van der Waals surface area contributed by atoms with E-state index in [2.05, 4.69) is 20.8 Å². The van der Waals surface area contributed by atoms with E-state index in [1.807, 2.05) is 6.07 Å². The highest BCUT2D eigenvalue weighted by molar-refractivity contribution is 5.22. The molecule has 0 unspecified atom stereocenters. The largest absolute Gasteiger partial charge is 0.469 e. The van der Waals surface area contributed by atoms with Crippen LogP contribution in [0.4, 0.5) is 0 Å². The van der Waals surface area contributed by atoms with Crippen LogP contribution in [0, 0.1) is 6.92 Å². The van der Waals surface area contributed by atoms with Crippen LogP contribution < -0.4 is 0 Å². The molecule has 9 heavy (non-hydrogen) atoms. The molecular formula is C8H11O. The van der Waals surface area contributed by atoms with Gasteiger partial charge in [0, 0.05) is 5.92 Å². The van der Waals surface area contributed by atoms with E-state index in [0.717, 1.165) is 11.3 Å². The minimum atomic E-state index is 0.451. The summed E-state index contributed by atoms with van der Waals surface area (Å²) in [6.07, 6.45) is 1.68. The Balaban J connectivity index is 2.94. The second kappa shape index (κ2) is 2.26. The van der Waals surface area contributed by atoms with Gasteiger partial charge in [0.15, 0.2) is 0 Å². The van der Waals surface area contributed by atoms with Crippen LogP contribution in [0.2, 0.25) is 0 Å². The summed E-state index contributed by atoms with van der Waals surface area (Å²) in [5.74, 6) is 1.45. The van der Waals surface area contributed by atoms with Gasteiger partial charge in [-0.2, -0.15) is 0 Å². The maximum atomic E-state index is 5.16. The first kappa shape index (κ1) is 6.40. The molecule has 1 radical (unpaired) electrons. The van der Waals surface area contributed by atoms with Crippen LogP contribution in [-0.4, -0.2) is 0 Å². The van der Waals surface area contributed by atoms with Gasteiger partial charge in [-0.1, -0.05) is 13.8 Å². The summed E-state index contributed by atoms with van der Waals surface area (Å²) < 4.78 is 5.16. The molecule has 0 saturated heterocycles. The summed E-state index contributed by atoms with van der Waals surface area (Å²) in [5, 5.41) is 0. The normalized spacial score (nSPS) is 10.7. The van der Waals surface area contributed by atoms with Crippen molar-refractivity contribution in [2.24, 2.45) is 0 Å². The van der Waals surface area contributed by atoms with Crippen molar-refractivity contribution in [3.8, 4) is 0 Å². The van der Waals surface area contributed by atoms with Gasteiger partial charge in [-0.3, -0.25) is 0 Å². The fourth-order valence-corrected chi connectivity index (χ4v) is 0.854. The van der Waals surface area contributed by atoms with Gasteiger partial charge in [0.25, 0.3) is 0 Å². The fraction of sp³-hybridized carbons (Fsp3) is 0.375. The summed E-state index contributed by atoms with van der Waals surface area (Å²) in [7, 11) is 0. The standard InChI is InChI=1S/C8H11O/c1-6(2)8-7(3)4-5-9-8/h4-6H,3H2,1-2H3. The Morgan fingerprint density at radius 3 is 2.44 bits per heavy atom. The average molecular weight is 123 g/mol. The van der Waals surface area contributed by atoms with Gasteiger partial charge in [-0.25, -0.2) is 0 Å². The Labute approximate surface area is 55.7 Å². The van der Waals surface area contributed by atoms with Crippen molar-refractivity contribution in [1.29, 1.82) is 0 Å². The monoisotopic (exact) mass is 123 g/mol. The van der Waals surface area contributed by atoms with Gasteiger partial charge in [-0.05, 0) is 18.6 Å². The van der Waals surface area contributed by atoms with Crippen LogP contribution >= 0.6 is 0 Å². The van der Waals surface area contributed by atoms with Gasteiger partial charge < -0.3 is 4.42 Å². The lowest BCUT2D eigenvalue weighted by atomic mass is 10.1. The average Bonchev–Trinajstić information content (AvgIpc) is 2.13. The van der Waals surface area contributed by atoms with Crippen molar-refractivity contribution in [3.63, 3.8) is 0 Å². The number of furan rings is 1. The molecule has 1 aromatic rings. The van der Waals surface area contributed by atoms with Gasteiger partial charge in [0.1, 0.15) is 5.76 Å². The van der Waals surface area contributed by atoms with E-state index in [-0.39, 0.29) is 0 Å². The van der Waals surface area contributed by atoms with Crippen LogP contribution in [0.15, 0.2) is 16.7 Å². The van der Waals surface area contributed by atoms with Crippen molar-refractivity contribution in [2.45, 2.75) is 19.8 Å². The molecule has 1 heterocycles. The Hall–Kier alpha value is -0.720. The smallest absolute Gasteiger partial charge is 0.109 e. The van der Waals surface area contributed by atoms with Crippen molar-refractivity contribution >= 4 is 0 Å². The van der Waals surface area contributed by atoms with Crippen LogP contribution in [0.3, 0.4) is 0 Å². The highest BCUT2D eigenvalue weighted by atomic mass is 16.3. The molecule has 0 bridgehead atoms. The molecule has 0 fully saturated rings. The van der Waals surface area contributed by atoms with E-state index in [0.29, 0.717) is 5.92 Å². The molecule has 0 aliphatic rings. The highest BCUT2D eigenvalue weighted by Crippen LogP contribution is 2.18. The summed E-state index contributed by atoms with van der Waals surface area (Å²) in [4.78, 5) is 0. The summed E-state index contributed by atoms with van der Waals surface area (Å²) in [5.41, 5.74) is 1.00. The van der Waals surface area contributed by atoms with Crippen LogP contribution in [-0.2, 0) is 0 Å². The Bertz CT molecular complexity index is 186. The molecule has 0 aliphatic heterocycles. The van der Waals surface area contributed by atoms with E-state index in [9.17, 15) is 0 Å². The lowest BCUT2D eigenvalue weighted by Crippen LogP contribution is -1.84. The SMILES string of the molecule is [CH2]c1ccoc1C(C)C. The number of hydrogen-bond acceptors (Lipinski definition) is 1. The van der Waals surface area contributed by atoms with E-state index in [1.54, 1.807) is 6.26 Å². The van der Waals surface area contributed by atoms with Crippen molar-refractivity contribution in [3.05, 3.63) is 30.6 Å². The quantitative estimate of drug-likeness (QED) is 0.559. The zero-order chi connectivity index (χ0) is 6.85. The molecule has 49 valence electrons. The molecule has 1 heteroatoms. The van der Waals surface area contributed by atoms with E-state index in [4.69, 9.17) is 4.42 Å². The minimum Gasteiger partial charge on any atom is -0.469 e. The molecule has 0 atom stereocenters. The van der Waals surface area contributed by atoms with Gasteiger partial charge in [0.2, 0.25) is 0 Å². The van der Waals surface area contributed by atoms with Crippen molar-refractivity contribution in [1.82, 2.24) is 0 Å². The first-order valence-corrected chi connectivity index (χ1v) is 3.11. The van der Waals surface area contributed by atoms with Gasteiger partial charge in [0.05, 0.1) is 6.26 Å².